The van der Waals surface area contributed by atoms with Gasteiger partial charge in [0.25, 0.3) is 0 Å². The van der Waals surface area contributed by atoms with Crippen LogP contribution in [0.15, 0.2) is 0 Å². The molecule has 4 heteroatoms. The third kappa shape index (κ3) is 3.19. The molecule has 0 aromatic rings. The molecule has 1 aliphatic heterocycles. The first kappa shape index (κ1) is 13.5. The van der Waals surface area contributed by atoms with Crippen LogP contribution in [0.5, 0.6) is 0 Å². The molecule has 4 nitrogen and oxygen atoms in total. The molecule has 1 fully saturated rings. The summed E-state index contributed by atoms with van der Waals surface area (Å²) in [7, 11) is 2.10. The zero-order valence-electron chi connectivity index (χ0n) is 10.8. The molecule has 1 amide bonds. The van der Waals surface area contributed by atoms with Crippen molar-refractivity contribution >= 4 is 5.91 Å². The van der Waals surface area contributed by atoms with Gasteiger partial charge in [0.2, 0.25) is 5.91 Å². The second kappa shape index (κ2) is 5.64. The van der Waals surface area contributed by atoms with E-state index in [2.05, 4.69) is 31.1 Å². The number of hydrogen-bond donors (Lipinski definition) is 2. The van der Waals surface area contributed by atoms with Gasteiger partial charge in [-0.3, -0.25) is 4.79 Å². The van der Waals surface area contributed by atoms with Crippen LogP contribution in [-0.4, -0.2) is 42.5 Å². The van der Waals surface area contributed by atoms with Crippen LogP contribution in [-0.2, 0) is 4.79 Å². The van der Waals surface area contributed by atoms with E-state index in [1.807, 2.05) is 0 Å². The monoisotopic (exact) mass is 227 g/mol. The molecule has 2 atom stereocenters. The Kier molecular flexibility index (Phi) is 4.74. The van der Waals surface area contributed by atoms with Crippen LogP contribution in [0.3, 0.4) is 0 Å². The van der Waals surface area contributed by atoms with E-state index in [1.165, 1.54) is 0 Å². The Morgan fingerprint density at radius 2 is 2.19 bits per heavy atom. The molecule has 0 aliphatic carbocycles. The number of hydrogen-bond acceptors (Lipinski definition) is 3. The van der Waals surface area contributed by atoms with Gasteiger partial charge in [0, 0.05) is 12.6 Å². The lowest BCUT2D eigenvalue weighted by molar-refractivity contribution is -0.125. The van der Waals surface area contributed by atoms with Gasteiger partial charge < -0.3 is 16.0 Å². The van der Waals surface area contributed by atoms with Gasteiger partial charge in [0.05, 0.1) is 5.54 Å². The van der Waals surface area contributed by atoms with Crippen molar-refractivity contribution < 1.29 is 4.79 Å². The van der Waals surface area contributed by atoms with E-state index in [4.69, 9.17) is 5.73 Å². The molecule has 0 bridgehead atoms. The molecule has 0 spiro atoms. The van der Waals surface area contributed by atoms with Crippen molar-refractivity contribution in [1.82, 2.24) is 10.2 Å². The minimum absolute atomic E-state index is 0.192. The Hall–Kier alpha value is -0.610. The molecule has 0 radical (unpaired) electrons. The highest BCUT2D eigenvalue weighted by Crippen LogP contribution is 2.22. The summed E-state index contributed by atoms with van der Waals surface area (Å²) < 4.78 is 0. The van der Waals surface area contributed by atoms with Crippen molar-refractivity contribution in [2.24, 2.45) is 5.73 Å². The van der Waals surface area contributed by atoms with Crippen LogP contribution in [0, 0.1) is 0 Å². The van der Waals surface area contributed by atoms with Crippen LogP contribution in [0.4, 0.5) is 0 Å². The quantitative estimate of drug-likeness (QED) is 0.744. The van der Waals surface area contributed by atoms with E-state index in [0.717, 1.165) is 38.8 Å². The van der Waals surface area contributed by atoms with Crippen molar-refractivity contribution in [3.8, 4) is 0 Å². The first-order valence-corrected chi connectivity index (χ1v) is 6.26. The van der Waals surface area contributed by atoms with Crippen LogP contribution in [0.2, 0.25) is 0 Å². The molecule has 0 aromatic heterocycles. The van der Waals surface area contributed by atoms with Crippen LogP contribution in [0.25, 0.3) is 0 Å². The first-order valence-electron chi connectivity index (χ1n) is 6.26. The Balaban J connectivity index is 2.74. The van der Waals surface area contributed by atoms with Gasteiger partial charge >= 0.3 is 0 Å². The lowest BCUT2D eigenvalue weighted by Gasteiger charge is -2.33. The summed E-state index contributed by atoms with van der Waals surface area (Å²) in [6.45, 7) is 6.22. The average molecular weight is 227 g/mol. The van der Waals surface area contributed by atoms with Crippen LogP contribution < -0.4 is 11.1 Å². The Morgan fingerprint density at radius 3 is 2.75 bits per heavy atom. The van der Waals surface area contributed by atoms with Gasteiger partial charge in [-0.25, -0.2) is 0 Å². The standard InChI is InChI=1S/C12H25N3O/c1-4-10(2)14-12(11(13)16)6-5-8-15(3)9-7-12/h10,14H,4-9H2,1-3H3,(H2,13,16). The number of primary amides is 1. The number of rotatable bonds is 4. The first-order chi connectivity index (χ1) is 7.50. The van der Waals surface area contributed by atoms with Crippen molar-refractivity contribution in [1.29, 1.82) is 0 Å². The predicted octanol–water partition coefficient (Wildman–Crippen LogP) is 0.714. The molecule has 1 aliphatic rings. The van der Waals surface area contributed by atoms with Crippen molar-refractivity contribution in [3.05, 3.63) is 0 Å². The summed E-state index contributed by atoms with van der Waals surface area (Å²) in [6.07, 6.45) is 3.73. The minimum atomic E-state index is -0.486. The molecule has 3 N–H and O–H groups in total. The average Bonchev–Trinajstić information content (AvgIpc) is 2.42. The van der Waals surface area contributed by atoms with Gasteiger partial charge in [-0.2, -0.15) is 0 Å². The van der Waals surface area contributed by atoms with E-state index in [0.29, 0.717) is 6.04 Å². The summed E-state index contributed by atoms with van der Waals surface area (Å²) in [5.74, 6) is -0.192. The smallest absolute Gasteiger partial charge is 0.237 e. The molecule has 1 saturated heterocycles. The van der Waals surface area contributed by atoms with E-state index in [1.54, 1.807) is 0 Å². The topological polar surface area (TPSA) is 58.4 Å². The molecular formula is C12H25N3O. The zero-order chi connectivity index (χ0) is 12.2. The van der Waals surface area contributed by atoms with E-state index >= 15 is 0 Å². The maximum absolute atomic E-state index is 11.7. The molecular weight excluding hydrogens is 202 g/mol. The zero-order valence-corrected chi connectivity index (χ0v) is 10.8. The lowest BCUT2D eigenvalue weighted by Crippen LogP contribution is -2.58. The molecule has 1 heterocycles. The fraction of sp³-hybridized carbons (Fsp3) is 0.917. The van der Waals surface area contributed by atoms with Gasteiger partial charge in [0.1, 0.15) is 0 Å². The van der Waals surface area contributed by atoms with Crippen LogP contribution >= 0.6 is 0 Å². The summed E-state index contributed by atoms with van der Waals surface area (Å²) in [6, 6.07) is 0.343. The fourth-order valence-electron chi connectivity index (χ4n) is 2.30. The highest BCUT2D eigenvalue weighted by Gasteiger charge is 2.38. The van der Waals surface area contributed by atoms with Gasteiger partial charge in [-0.05, 0) is 46.2 Å². The minimum Gasteiger partial charge on any atom is -0.368 e. The molecule has 94 valence electrons. The van der Waals surface area contributed by atoms with Gasteiger partial charge in [-0.15, -0.1) is 0 Å². The van der Waals surface area contributed by atoms with Crippen LogP contribution in [0.1, 0.15) is 39.5 Å². The number of nitrogens with one attached hydrogen (secondary N) is 1. The maximum Gasteiger partial charge on any atom is 0.237 e. The molecule has 2 unspecified atom stereocenters. The predicted molar refractivity (Wildman–Crippen MR) is 66.2 cm³/mol. The molecule has 0 saturated carbocycles. The summed E-state index contributed by atoms with van der Waals surface area (Å²) in [5.41, 5.74) is 5.11. The molecule has 16 heavy (non-hydrogen) atoms. The van der Waals surface area contributed by atoms with Crippen molar-refractivity contribution in [2.45, 2.75) is 51.1 Å². The number of nitrogens with zero attached hydrogens (tertiary/aromatic N) is 1. The summed E-state index contributed by atoms with van der Waals surface area (Å²) in [4.78, 5) is 14.0. The molecule has 1 rings (SSSR count). The summed E-state index contributed by atoms with van der Waals surface area (Å²) in [5, 5.41) is 3.44. The highest BCUT2D eigenvalue weighted by atomic mass is 16.1. The van der Waals surface area contributed by atoms with Crippen molar-refractivity contribution in [3.63, 3.8) is 0 Å². The SMILES string of the molecule is CCC(C)NC1(C(N)=O)CCCN(C)CC1. The number of carbonyl (C=O) groups is 1. The summed E-state index contributed by atoms with van der Waals surface area (Å²) >= 11 is 0. The lowest BCUT2D eigenvalue weighted by atomic mass is 9.88. The highest BCUT2D eigenvalue weighted by molar-refractivity contribution is 5.84. The number of nitrogens with two attached hydrogens (primary N) is 1. The number of amides is 1. The normalized spacial score (nSPS) is 29.7. The van der Waals surface area contributed by atoms with Gasteiger partial charge in [-0.1, -0.05) is 6.92 Å². The Labute approximate surface area is 98.6 Å². The number of likely N-dealkylation sites (tertiary alicyclic amines) is 1. The third-order valence-electron chi connectivity index (χ3n) is 3.67. The second-order valence-corrected chi connectivity index (χ2v) is 5.06. The maximum atomic E-state index is 11.7. The van der Waals surface area contributed by atoms with E-state index in [-0.39, 0.29) is 5.91 Å². The van der Waals surface area contributed by atoms with E-state index < -0.39 is 5.54 Å². The van der Waals surface area contributed by atoms with E-state index in [9.17, 15) is 4.79 Å². The van der Waals surface area contributed by atoms with Crippen molar-refractivity contribution in [2.75, 3.05) is 20.1 Å². The third-order valence-corrected chi connectivity index (χ3v) is 3.67. The Bertz CT molecular complexity index is 244. The largest absolute Gasteiger partial charge is 0.368 e. The second-order valence-electron chi connectivity index (χ2n) is 5.06. The fourth-order valence-corrected chi connectivity index (χ4v) is 2.30. The number of carbonyl (C=O) groups excluding carboxylic acids is 1. The molecule has 0 aromatic carbocycles. The van der Waals surface area contributed by atoms with Gasteiger partial charge in [0.15, 0.2) is 0 Å². The Morgan fingerprint density at radius 1 is 1.50 bits per heavy atom.